The van der Waals surface area contributed by atoms with Crippen molar-refractivity contribution in [3.05, 3.63) is 0 Å². The number of rotatable bonds is 40. The van der Waals surface area contributed by atoms with E-state index in [1.54, 1.807) is 41.5 Å². The Labute approximate surface area is 757 Å². The van der Waals surface area contributed by atoms with Gasteiger partial charge in [-0.3, -0.25) is 86.3 Å². The Morgan fingerprint density at radius 1 is 0.211 bits per heavy atom. The van der Waals surface area contributed by atoms with Gasteiger partial charge in [0.25, 0.3) is 0 Å². The maximum Gasteiger partial charge on any atom is 0.317 e. The monoisotopic (exact) mass is 1810 g/mol. The fourth-order valence-electron chi connectivity index (χ4n) is 17.7. The summed E-state index contributed by atoms with van der Waals surface area (Å²) < 4.78 is 71.1. The van der Waals surface area contributed by atoms with E-state index < -0.39 is 202 Å². The van der Waals surface area contributed by atoms with Crippen molar-refractivity contribution in [2.24, 2.45) is 57.2 Å². The van der Waals surface area contributed by atoms with Crippen LogP contribution in [0, 0.1) is 57.2 Å². The summed E-state index contributed by atoms with van der Waals surface area (Å²) in [6.45, 7) is 30.1. The second kappa shape index (κ2) is 53.2. The van der Waals surface area contributed by atoms with Crippen LogP contribution in [-0.2, 0) is 143 Å². The zero-order valence-electron chi connectivity index (χ0n) is 79.9. The number of carbonyl (C=O) groups excluding carboxylic acids is 18. The highest BCUT2D eigenvalue weighted by Crippen LogP contribution is 2.37. The molecule has 0 spiro atoms. The van der Waals surface area contributed by atoms with Gasteiger partial charge < -0.3 is 56.8 Å². The summed E-state index contributed by atoms with van der Waals surface area (Å²) in [5.41, 5.74) is -1.64. The molecule has 0 aromatic heterocycles. The highest BCUT2D eigenvalue weighted by Gasteiger charge is 2.44. The van der Waals surface area contributed by atoms with Gasteiger partial charge in [0.1, 0.15) is 143 Å². The van der Waals surface area contributed by atoms with Crippen molar-refractivity contribution in [1.82, 2.24) is 0 Å². The normalized spacial score (nSPS) is 24.5. The predicted molar refractivity (Wildman–Crippen MR) is 466 cm³/mol. The third-order valence-electron chi connectivity index (χ3n) is 24.8. The summed E-state index contributed by atoms with van der Waals surface area (Å²) in [5, 5.41) is 0. The summed E-state index contributed by atoms with van der Waals surface area (Å²) in [6.07, 6.45) is 1.60. The lowest BCUT2D eigenvalue weighted by Crippen LogP contribution is -2.40. The Morgan fingerprint density at radius 3 is 0.539 bits per heavy atom. The largest absolute Gasteiger partial charge is 0.462 e. The van der Waals surface area contributed by atoms with Crippen LogP contribution in [0.4, 0.5) is 0 Å². The number of ether oxygens (including phenoxy) is 12. The standard InChI is InChI=1S/C98H152O30/c1-59(99)77(43-47-81(105)117-67-31-21-35-69(36-22-32-67)121-85(109)51-53-95(7,8)9)89(111)123-71-39-25-41-73(125-93(115)87(63(5)103)97(13,14)15)57-75(55-71)127-91(113)79(61(3)101)45-49-83(107)119-65-27-19-29-66(30-20-28-65)120-84(108)50-46-80(62(4)102)92(114)128-76-56-72(40-26-42-74(58-76)126-94(116)88(64(6)104)98(16,17)18)124-90(112)78(60(2)100)44-48-82(106)118-68-33-23-37-70(38-24-34-68)122-86(110)52-54-96(10,11)12/h65-80,87-88H,19-58H2,1-18H3. The molecule has 0 saturated heterocycles. The average Bonchev–Trinajstić information content (AvgIpc) is 0.836. The molecular formula is C98H152O30. The summed E-state index contributed by atoms with van der Waals surface area (Å²) in [6, 6.07) is 0. The summed E-state index contributed by atoms with van der Waals surface area (Å²) in [5.74, 6) is -19.6. The van der Waals surface area contributed by atoms with E-state index >= 15 is 0 Å². The maximum atomic E-state index is 14.3. The summed E-state index contributed by atoms with van der Waals surface area (Å²) in [4.78, 5) is 241. The van der Waals surface area contributed by atoms with E-state index in [4.69, 9.17) is 56.8 Å². The molecule has 724 valence electrons. The molecule has 128 heavy (non-hydrogen) atoms. The molecule has 0 aromatic carbocycles. The van der Waals surface area contributed by atoms with Crippen molar-refractivity contribution < 1.29 is 143 Å². The summed E-state index contributed by atoms with van der Waals surface area (Å²) >= 11 is 0. The first-order chi connectivity index (χ1) is 59.8. The van der Waals surface area contributed by atoms with E-state index in [-0.39, 0.29) is 138 Å². The molecular weight excluding hydrogens is 1660 g/mol. The zero-order chi connectivity index (χ0) is 95.6. The van der Waals surface area contributed by atoms with E-state index in [2.05, 4.69) is 41.5 Å². The van der Waals surface area contributed by atoms with Gasteiger partial charge >= 0.3 is 71.6 Å². The molecule has 5 aliphatic carbocycles. The number of ketones is 6. The summed E-state index contributed by atoms with van der Waals surface area (Å²) in [7, 11) is 0. The topological polar surface area (TPSA) is 418 Å². The molecule has 0 aliphatic heterocycles. The van der Waals surface area contributed by atoms with E-state index in [0.717, 1.165) is 0 Å². The van der Waals surface area contributed by atoms with Crippen molar-refractivity contribution in [2.75, 3.05) is 0 Å². The van der Waals surface area contributed by atoms with Gasteiger partial charge in [0, 0.05) is 64.2 Å². The minimum Gasteiger partial charge on any atom is -0.462 e. The molecule has 5 aliphatic rings. The second-order valence-electron chi connectivity index (χ2n) is 41.2. The Morgan fingerprint density at radius 2 is 0.375 bits per heavy atom. The van der Waals surface area contributed by atoms with E-state index in [1.165, 1.54) is 41.5 Å². The molecule has 0 aromatic rings. The van der Waals surface area contributed by atoms with Gasteiger partial charge in [0.2, 0.25) is 0 Å². The molecule has 0 N–H and O–H groups in total. The molecule has 0 amide bonds. The van der Waals surface area contributed by atoms with Gasteiger partial charge in [0.15, 0.2) is 0 Å². The van der Waals surface area contributed by atoms with E-state index in [1.807, 2.05) is 0 Å². The Bertz CT molecular complexity index is 3480. The number of carbonyl (C=O) groups is 18. The molecule has 0 radical (unpaired) electrons. The number of Topliss-reactive ketones (excluding diaryl/α,β-unsaturated/α-hetero) is 6. The Balaban J connectivity index is 1.15. The molecule has 30 heteroatoms. The molecule has 12 unspecified atom stereocenters. The van der Waals surface area contributed by atoms with Crippen LogP contribution < -0.4 is 0 Å². The highest BCUT2D eigenvalue weighted by molar-refractivity contribution is 6.01. The van der Waals surface area contributed by atoms with Crippen molar-refractivity contribution in [1.29, 1.82) is 0 Å². The SMILES string of the molecule is CC(=O)C(CCC(=O)OC1CCCC(OC(=O)CCC(C)(C)C)CCC1)C(=O)OC1CCCC(OC(=O)C(C(C)=O)C(C)(C)C)CC(OC(=O)C(CCC(=O)OC2CCCC(OC(=O)CCC(C(C)=O)C(=O)OC3CC(OC(=O)C(CCC(=O)OC4CCCC(OC(=O)CCC(C)(C)C)CCC4)C(C)=O)CCCC(OC(=O)C(C(C)=O)C(C)(C)C)C3)CCC2)C(C)=O)C1. The van der Waals surface area contributed by atoms with Crippen LogP contribution in [0.5, 0.6) is 0 Å². The maximum absolute atomic E-state index is 14.3. The van der Waals surface area contributed by atoms with Crippen LogP contribution >= 0.6 is 0 Å². The predicted octanol–water partition coefficient (Wildman–Crippen LogP) is 16.0. The first-order valence-electron chi connectivity index (χ1n) is 47.3. The Kier molecular flexibility index (Phi) is 45.8. The minimum absolute atomic E-state index is 0.00357. The van der Waals surface area contributed by atoms with Crippen molar-refractivity contribution >= 4 is 106 Å². The van der Waals surface area contributed by atoms with Gasteiger partial charge in [-0.15, -0.1) is 0 Å². The third-order valence-corrected chi connectivity index (χ3v) is 24.8. The fraction of sp³-hybridized carbons (Fsp3) is 0.816. The average molecular weight is 1810 g/mol. The Hall–Kier alpha value is -8.34. The molecule has 5 rings (SSSR count). The molecule has 5 saturated carbocycles. The number of hydrogen-bond donors (Lipinski definition) is 0. The van der Waals surface area contributed by atoms with Gasteiger partial charge in [-0.2, -0.15) is 0 Å². The second-order valence-corrected chi connectivity index (χ2v) is 41.2. The fourth-order valence-corrected chi connectivity index (χ4v) is 17.7. The molecule has 0 bridgehead atoms. The lowest BCUT2D eigenvalue weighted by atomic mass is 9.78. The first kappa shape index (κ1) is 110. The van der Waals surface area contributed by atoms with Crippen molar-refractivity contribution in [2.45, 2.75) is 455 Å². The van der Waals surface area contributed by atoms with Crippen LogP contribution in [0.1, 0.15) is 381 Å². The molecule has 30 nitrogen and oxygen atoms in total. The first-order valence-corrected chi connectivity index (χ1v) is 47.3. The smallest absolute Gasteiger partial charge is 0.317 e. The van der Waals surface area contributed by atoms with Gasteiger partial charge in [-0.1, -0.05) is 83.1 Å². The third kappa shape index (κ3) is 41.8. The van der Waals surface area contributed by atoms with Gasteiger partial charge in [0.05, 0.1) is 0 Å². The lowest BCUT2D eigenvalue weighted by molar-refractivity contribution is -0.173. The number of hydrogen-bond acceptors (Lipinski definition) is 30. The van der Waals surface area contributed by atoms with Crippen molar-refractivity contribution in [3.8, 4) is 0 Å². The van der Waals surface area contributed by atoms with Crippen LogP contribution in [-0.4, -0.2) is 180 Å². The van der Waals surface area contributed by atoms with Crippen molar-refractivity contribution in [3.63, 3.8) is 0 Å². The zero-order valence-corrected chi connectivity index (χ0v) is 79.9. The van der Waals surface area contributed by atoms with E-state index in [9.17, 15) is 86.3 Å². The molecule has 0 heterocycles. The number of esters is 12. The molecule has 12 atom stereocenters. The van der Waals surface area contributed by atoms with Gasteiger partial charge in [-0.25, -0.2) is 0 Å². The van der Waals surface area contributed by atoms with Gasteiger partial charge in [-0.05, 0) is 256 Å². The van der Waals surface area contributed by atoms with Crippen LogP contribution in [0.3, 0.4) is 0 Å². The van der Waals surface area contributed by atoms with Crippen LogP contribution in [0.15, 0.2) is 0 Å². The van der Waals surface area contributed by atoms with Crippen LogP contribution in [0.25, 0.3) is 0 Å². The minimum atomic E-state index is -1.47. The van der Waals surface area contributed by atoms with E-state index in [0.29, 0.717) is 154 Å². The quantitative estimate of drug-likeness (QED) is 0.0312. The van der Waals surface area contributed by atoms with Crippen LogP contribution in [0.2, 0.25) is 0 Å². The highest BCUT2D eigenvalue weighted by atomic mass is 16.6. The molecule has 5 fully saturated rings. The lowest BCUT2D eigenvalue weighted by Gasteiger charge is -2.33.